The summed E-state index contributed by atoms with van der Waals surface area (Å²) < 4.78 is 12.7. The Balaban J connectivity index is 3.76. The van der Waals surface area contributed by atoms with E-state index in [2.05, 4.69) is 12.5 Å². The molecule has 0 saturated heterocycles. The van der Waals surface area contributed by atoms with Crippen LogP contribution >= 0.6 is 0 Å². The largest absolute Gasteiger partial charge is 0.308 e. The van der Waals surface area contributed by atoms with Gasteiger partial charge in [-0.25, -0.2) is 0 Å². The van der Waals surface area contributed by atoms with Crippen LogP contribution in [0.3, 0.4) is 0 Å². The zero-order valence-corrected chi connectivity index (χ0v) is 5.95. The molecule has 0 fully saturated rings. The first-order valence-electron chi connectivity index (χ1n) is 2.38. The van der Waals surface area contributed by atoms with E-state index in [4.69, 9.17) is 6.42 Å². The van der Waals surface area contributed by atoms with Gasteiger partial charge in [-0.15, -0.1) is 18.9 Å². The molecule has 8 heavy (non-hydrogen) atoms. The van der Waals surface area contributed by atoms with Gasteiger partial charge >= 0.3 is 0 Å². The second kappa shape index (κ2) is 2.68. The van der Waals surface area contributed by atoms with Crippen LogP contribution in [-0.4, -0.2) is 8.41 Å². The van der Waals surface area contributed by atoms with Gasteiger partial charge < -0.3 is 4.11 Å². The maximum atomic E-state index is 12.7. The van der Waals surface area contributed by atoms with Crippen molar-refractivity contribution in [3.63, 3.8) is 0 Å². The molecule has 0 nitrogen and oxygen atoms in total. The maximum Gasteiger partial charge on any atom is 0.278 e. The van der Waals surface area contributed by atoms with Gasteiger partial charge in [0.2, 0.25) is 0 Å². The highest BCUT2D eigenvalue weighted by Crippen LogP contribution is 2.09. The molecule has 0 aliphatic rings. The van der Waals surface area contributed by atoms with Crippen LogP contribution in [0.2, 0.25) is 12.6 Å². The van der Waals surface area contributed by atoms with E-state index in [0.29, 0.717) is 0 Å². The molecule has 1 unspecified atom stereocenters. The van der Waals surface area contributed by atoms with Crippen LogP contribution in [0.5, 0.6) is 0 Å². The lowest BCUT2D eigenvalue weighted by atomic mass is 10.8. The van der Waals surface area contributed by atoms with Crippen molar-refractivity contribution in [2.75, 3.05) is 0 Å². The summed E-state index contributed by atoms with van der Waals surface area (Å²) in [6.45, 7) is 4.88. The Morgan fingerprint density at radius 1 is 2.00 bits per heavy atom. The maximum absolute atomic E-state index is 12.7. The molecule has 0 saturated carbocycles. The molecule has 44 valence electrons. The van der Waals surface area contributed by atoms with E-state index in [9.17, 15) is 4.11 Å². The minimum Gasteiger partial charge on any atom is -0.308 e. The molecule has 0 N–H and O–H groups in total. The van der Waals surface area contributed by atoms with E-state index in [1.807, 2.05) is 0 Å². The third kappa shape index (κ3) is 2.59. The van der Waals surface area contributed by atoms with Crippen molar-refractivity contribution in [1.82, 2.24) is 0 Å². The molecule has 0 bridgehead atoms. The lowest BCUT2D eigenvalue weighted by molar-refractivity contribution is 0.812. The first-order valence-corrected chi connectivity index (χ1v) is 5.04. The third-order valence-corrected chi connectivity index (χ3v) is 2.62. The molecule has 0 rings (SSSR count). The summed E-state index contributed by atoms with van der Waals surface area (Å²) in [6, 6.07) is 0.247. The fourth-order valence-corrected chi connectivity index (χ4v) is 0.815. The van der Waals surface area contributed by atoms with Gasteiger partial charge in [0.05, 0.1) is 0 Å². The molecule has 0 aromatic carbocycles. The monoisotopic (exact) mass is 128 g/mol. The molecular formula is C6H9FSi. The molecular weight excluding hydrogens is 119 g/mol. The SMILES string of the molecule is C#CC[Si](C)(F)C=C. The summed E-state index contributed by atoms with van der Waals surface area (Å²) in [6.07, 6.45) is 4.89. The molecule has 2 heteroatoms. The van der Waals surface area contributed by atoms with Gasteiger partial charge in [0, 0.05) is 6.04 Å². The number of hydrogen-bond acceptors (Lipinski definition) is 0. The average Bonchev–Trinajstić information content (AvgIpc) is 1.67. The number of rotatable bonds is 2. The summed E-state index contributed by atoms with van der Waals surface area (Å²) in [5.74, 6) is 2.27. The first-order chi connectivity index (χ1) is 3.62. The van der Waals surface area contributed by atoms with E-state index in [1.165, 1.54) is 5.70 Å². The van der Waals surface area contributed by atoms with Crippen LogP contribution in [0.1, 0.15) is 0 Å². The van der Waals surface area contributed by atoms with Gasteiger partial charge in [-0.3, -0.25) is 0 Å². The number of halogens is 1. The van der Waals surface area contributed by atoms with Gasteiger partial charge in [0.1, 0.15) is 0 Å². The molecule has 0 aromatic heterocycles. The lowest BCUT2D eigenvalue weighted by Crippen LogP contribution is -2.18. The standard InChI is InChI=1S/C6H9FSi/c1-4-6-8(3,7)5-2/h1,5H,2,6H2,3H3. The van der Waals surface area contributed by atoms with Crippen molar-refractivity contribution in [2.45, 2.75) is 12.6 Å². The second-order valence-corrected chi connectivity index (χ2v) is 5.18. The Morgan fingerprint density at radius 2 is 2.50 bits per heavy atom. The summed E-state index contributed by atoms with van der Waals surface area (Å²) in [5.41, 5.74) is 1.35. The minimum absolute atomic E-state index is 0.247. The fourth-order valence-electron chi connectivity index (χ4n) is 0.272. The molecule has 0 spiro atoms. The number of hydrogen-bond donors (Lipinski definition) is 0. The topological polar surface area (TPSA) is 0 Å². The van der Waals surface area contributed by atoms with Crippen LogP contribution in [0.4, 0.5) is 4.11 Å². The smallest absolute Gasteiger partial charge is 0.278 e. The molecule has 1 atom stereocenters. The summed E-state index contributed by atoms with van der Waals surface area (Å²) >= 11 is 0. The molecule has 0 aromatic rings. The van der Waals surface area contributed by atoms with Gasteiger partial charge in [-0.1, -0.05) is 5.70 Å². The van der Waals surface area contributed by atoms with Crippen molar-refractivity contribution >= 4 is 8.41 Å². The zero-order chi connectivity index (χ0) is 6.62. The molecule has 0 radical (unpaired) electrons. The zero-order valence-electron chi connectivity index (χ0n) is 4.95. The number of terminal acetylenes is 1. The quantitative estimate of drug-likeness (QED) is 0.302. The van der Waals surface area contributed by atoms with Gasteiger partial charge in [0.15, 0.2) is 0 Å². The summed E-state index contributed by atoms with van der Waals surface area (Å²) in [4.78, 5) is 0. The Morgan fingerprint density at radius 3 is 2.62 bits per heavy atom. The van der Waals surface area contributed by atoms with Gasteiger partial charge in [0.25, 0.3) is 8.41 Å². The van der Waals surface area contributed by atoms with Crippen molar-refractivity contribution in [1.29, 1.82) is 0 Å². The third-order valence-electron chi connectivity index (χ3n) is 0.873. The average molecular weight is 128 g/mol. The van der Waals surface area contributed by atoms with E-state index in [1.54, 1.807) is 6.55 Å². The van der Waals surface area contributed by atoms with Crippen LogP contribution in [0, 0.1) is 12.3 Å². The van der Waals surface area contributed by atoms with Crippen LogP contribution in [0.15, 0.2) is 12.3 Å². The van der Waals surface area contributed by atoms with Gasteiger partial charge in [-0.05, 0) is 6.55 Å². The highest BCUT2D eigenvalue weighted by Gasteiger charge is 2.20. The second-order valence-electron chi connectivity index (χ2n) is 1.86. The van der Waals surface area contributed by atoms with E-state index in [0.717, 1.165) is 0 Å². The lowest BCUT2D eigenvalue weighted by Gasteiger charge is -2.04. The van der Waals surface area contributed by atoms with E-state index >= 15 is 0 Å². The predicted molar refractivity (Wildman–Crippen MR) is 36.6 cm³/mol. The molecule has 0 heterocycles. The molecule has 0 aliphatic heterocycles. The highest BCUT2D eigenvalue weighted by molar-refractivity contribution is 6.77. The summed E-state index contributed by atoms with van der Waals surface area (Å²) in [7, 11) is -2.65. The molecule has 0 amide bonds. The first kappa shape index (κ1) is 7.45. The van der Waals surface area contributed by atoms with Gasteiger partial charge in [-0.2, -0.15) is 0 Å². The van der Waals surface area contributed by atoms with Crippen molar-refractivity contribution in [2.24, 2.45) is 0 Å². The Bertz CT molecular complexity index is 121. The van der Waals surface area contributed by atoms with Crippen LogP contribution in [0.25, 0.3) is 0 Å². The minimum atomic E-state index is -2.65. The van der Waals surface area contributed by atoms with E-state index in [-0.39, 0.29) is 6.04 Å². The molecule has 0 aliphatic carbocycles. The normalized spacial score (nSPS) is 16.1. The van der Waals surface area contributed by atoms with Crippen molar-refractivity contribution in [3.05, 3.63) is 12.3 Å². The Hall–Kier alpha value is -0.553. The summed E-state index contributed by atoms with van der Waals surface area (Å²) in [5, 5.41) is 0. The Labute approximate surface area is 50.6 Å². The van der Waals surface area contributed by atoms with Crippen molar-refractivity contribution < 1.29 is 4.11 Å². The van der Waals surface area contributed by atoms with Crippen LogP contribution in [-0.2, 0) is 0 Å². The predicted octanol–water partition coefficient (Wildman–Crippen LogP) is 1.89. The highest BCUT2D eigenvalue weighted by atomic mass is 28.4. The van der Waals surface area contributed by atoms with E-state index < -0.39 is 8.41 Å². The van der Waals surface area contributed by atoms with Crippen LogP contribution < -0.4 is 0 Å². The fraction of sp³-hybridized carbons (Fsp3) is 0.333. The van der Waals surface area contributed by atoms with Crippen molar-refractivity contribution in [3.8, 4) is 12.3 Å². The Kier molecular flexibility index (Phi) is 2.50.